The Morgan fingerprint density at radius 3 is 2.41 bits per heavy atom. The van der Waals surface area contributed by atoms with E-state index in [1.807, 2.05) is 85.8 Å². The van der Waals surface area contributed by atoms with E-state index in [9.17, 15) is 4.79 Å². The Labute approximate surface area is 198 Å². The lowest BCUT2D eigenvalue weighted by molar-refractivity contribution is -0.136. The minimum atomic E-state index is -0.841. The van der Waals surface area contributed by atoms with Gasteiger partial charge in [-0.2, -0.15) is 0 Å². The molecule has 34 heavy (non-hydrogen) atoms. The Balaban J connectivity index is 1.41. The molecule has 0 aliphatic heterocycles. The number of carbonyl (C=O) groups is 1. The van der Waals surface area contributed by atoms with Crippen molar-refractivity contribution in [3.05, 3.63) is 101 Å². The summed E-state index contributed by atoms with van der Waals surface area (Å²) in [6, 6.07) is 25.2. The summed E-state index contributed by atoms with van der Waals surface area (Å²) in [4.78, 5) is 15.7. The molecule has 1 aromatic heterocycles. The molecule has 0 bridgehead atoms. The van der Waals surface area contributed by atoms with Crippen molar-refractivity contribution in [3.8, 4) is 23.0 Å². The fourth-order valence-corrected chi connectivity index (χ4v) is 3.57. The zero-order valence-electron chi connectivity index (χ0n) is 19.1. The first-order valence-corrected chi connectivity index (χ1v) is 11.2. The molecule has 4 rings (SSSR count). The van der Waals surface area contributed by atoms with Gasteiger partial charge in [-0.25, -0.2) is 4.98 Å². The molecule has 0 atom stereocenters. The van der Waals surface area contributed by atoms with Gasteiger partial charge >= 0.3 is 5.97 Å². The number of carboxylic acids is 1. The summed E-state index contributed by atoms with van der Waals surface area (Å²) in [5, 5.41) is 9.07. The van der Waals surface area contributed by atoms with E-state index >= 15 is 0 Å². The monoisotopic (exact) mass is 457 g/mol. The molecule has 0 amide bonds. The molecule has 174 valence electrons. The quantitative estimate of drug-likeness (QED) is 0.303. The van der Waals surface area contributed by atoms with Gasteiger partial charge in [0.25, 0.3) is 0 Å². The lowest BCUT2D eigenvalue weighted by atomic mass is 10.1. The summed E-state index contributed by atoms with van der Waals surface area (Å²) in [5.74, 6) is 1.83. The largest absolute Gasteiger partial charge is 0.493 e. The maximum absolute atomic E-state index is 11.0. The normalized spacial score (nSPS) is 10.7. The minimum Gasteiger partial charge on any atom is -0.493 e. The fourth-order valence-electron chi connectivity index (χ4n) is 3.57. The van der Waals surface area contributed by atoms with Crippen molar-refractivity contribution in [2.24, 2.45) is 0 Å². The van der Waals surface area contributed by atoms with Crippen LogP contribution in [0.15, 0.2) is 83.3 Å². The Kier molecular flexibility index (Phi) is 7.60. The maximum atomic E-state index is 11.0. The van der Waals surface area contributed by atoms with Crippen molar-refractivity contribution in [1.82, 2.24) is 4.98 Å². The highest BCUT2D eigenvalue weighted by molar-refractivity contribution is 5.67. The molecule has 6 heteroatoms. The van der Waals surface area contributed by atoms with E-state index in [0.717, 1.165) is 28.1 Å². The Morgan fingerprint density at radius 1 is 0.941 bits per heavy atom. The molecular formula is C28H27NO5. The first kappa shape index (κ1) is 23.1. The van der Waals surface area contributed by atoms with Gasteiger partial charge in [-0.1, -0.05) is 54.6 Å². The molecule has 0 saturated heterocycles. The Morgan fingerprint density at radius 2 is 1.68 bits per heavy atom. The smallest absolute Gasteiger partial charge is 0.303 e. The van der Waals surface area contributed by atoms with Crippen LogP contribution in [-0.4, -0.2) is 22.7 Å². The number of ether oxygens (including phenoxy) is 2. The van der Waals surface area contributed by atoms with Gasteiger partial charge in [-0.3, -0.25) is 4.79 Å². The number of nitrogens with zero attached hydrogens (tertiary/aromatic N) is 1. The molecule has 0 saturated carbocycles. The van der Waals surface area contributed by atoms with Gasteiger partial charge in [-0.05, 0) is 42.7 Å². The second kappa shape index (κ2) is 11.2. The van der Waals surface area contributed by atoms with Crippen LogP contribution in [0, 0.1) is 6.92 Å². The zero-order valence-corrected chi connectivity index (χ0v) is 19.1. The van der Waals surface area contributed by atoms with E-state index in [1.165, 1.54) is 0 Å². The average molecular weight is 458 g/mol. The lowest BCUT2D eigenvalue weighted by Gasteiger charge is -2.14. The number of carboxylic acid groups (broad SMARTS) is 1. The molecule has 0 radical (unpaired) electrons. The van der Waals surface area contributed by atoms with Crippen LogP contribution >= 0.6 is 0 Å². The summed E-state index contributed by atoms with van der Waals surface area (Å²) < 4.78 is 17.8. The van der Waals surface area contributed by atoms with Gasteiger partial charge in [0, 0.05) is 24.5 Å². The number of oxazole rings is 1. The molecular weight excluding hydrogens is 430 g/mol. The molecule has 0 aliphatic rings. The minimum absolute atomic E-state index is 0.0388. The molecule has 6 nitrogen and oxygen atoms in total. The molecule has 0 unspecified atom stereocenters. The molecule has 0 aliphatic carbocycles. The van der Waals surface area contributed by atoms with Gasteiger partial charge in [0.1, 0.15) is 23.9 Å². The van der Waals surface area contributed by atoms with Gasteiger partial charge in [0.15, 0.2) is 0 Å². The van der Waals surface area contributed by atoms with E-state index in [-0.39, 0.29) is 6.42 Å². The third-order valence-corrected chi connectivity index (χ3v) is 5.40. The van der Waals surface area contributed by atoms with Crippen molar-refractivity contribution >= 4 is 5.97 Å². The third-order valence-electron chi connectivity index (χ3n) is 5.40. The number of rotatable bonds is 11. The molecule has 0 fully saturated rings. The maximum Gasteiger partial charge on any atom is 0.303 e. The lowest BCUT2D eigenvalue weighted by Crippen LogP contribution is -2.05. The van der Waals surface area contributed by atoms with E-state index in [1.54, 1.807) is 0 Å². The van der Waals surface area contributed by atoms with Crippen molar-refractivity contribution in [2.75, 3.05) is 6.61 Å². The predicted molar refractivity (Wildman–Crippen MR) is 129 cm³/mol. The zero-order chi connectivity index (χ0) is 23.8. The van der Waals surface area contributed by atoms with Crippen LogP contribution in [-0.2, 0) is 24.2 Å². The number of benzene rings is 3. The molecule has 0 spiro atoms. The first-order chi connectivity index (χ1) is 16.6. The van der Waals surface area contributed by atoms with Crippen LogP contribution in [0.1, 0.15) is 29.0 Å². The molecule has 3 aromatic carbocycles. The second-order valence-electron chi connectivity index (χ2n) is 7.92. The topological polar surface area (TPSA) is 81.8 Å². The number of aryl methyl sites for hydroxylation is 2. The van der Waals surface area contributed by atoms with Gasteiger partial charge in [0.05, 0.1) is 12.3 Å². The van der Waals surface area contributed by atoms with Crippen LogP contribution in [0.4, 0.5) is 0 Å². The number of hydrogen-bond acceptors (Lipinski definition) is 5. The summed E-state index contributed by atoms with van der Waals surface area (Å²) in [5.41, 5.74) is 3.67. The van der Waals surface area contributed by atoms with Crippen LogP contribution < -0.4 is 9.47 Å². The fraction of sp³-hybridized carbons (Fsp3) is 0.214. The van der Waals surface area contributed by atoms with E-state index in [2.05, 4.69) is 4.98 Å². The molecule has 1 heterocycles. The highest BCUT2D eigenvalue weighted by atomic mass is 16.5. The van der Waals surface area contributed by atoms with Crippen molar-refractivity contribution < 1.29 is 23.8 Å². The van der Waals surface area contributed by atoms with Crippen LogP contribution in [0.2, 0.25) is 0 Å². The number of hydrogen-bond donors (Lipinski definition) is 1. The van der Waals surface area contributed by atoms with Crippen molar-refractivity contribution in [3.63, 3.8) is 0 Å². The Hall–Kier alpha value is -4.06. The van der Waals surface area contributed by atoms with Crippen molar-refractivity contribution in [2.45, 2.75) is 32.8 Å². The summed E-state index contributed by atoms with van der Waals surface area (Å²) >= 11 is 0. The third kappa shape index (κ3) is 6.25. The van der Waals surface area contributed by atoms with Gasteiger partial charge in [-0.15, -0.1) is 0 Å². The highest BCUT2D eigenvalue weighted by Crippen LogP contribution is 2.28. The average Bonchev–Trinajstić information content (AvgIpc) is 3.23. The van der Waals surface area contributed by atoms with E-state index < -0.39 is 5.97 Å². The molecule has 4 aromatic rings. The van der Waals surface area contributed by atoms with Crippen LogP contribution in [0.25, 0.3) is 11.5 Å². The second-order valence-corrected chi connectivity index (χ2v) is 7.92. The summed E-state index contributed by atoms with van der Waals surface area (Å²) in [7, 11) is 0. The van der Waals surface area contributed by atoms with Crippen molar-refractivity contribution in [1.29, 1.82) is 0 Å². The van der Waals surface area contributed by atoms with Gasteiger partial charge in [0.2, 0.25) is 5.89 Å². The standard InChI is InChI=1S/C28H27NO5/c1-20-25(29-28(34-20)23-10-6-3-7-11-23)16-17-32-24-14-12-22(13-15-27(30)31)26(18-24)33-19-21-8-4-2-5-9-21/h2-12,14,18H,13,15-17,19H2,1H3,(H,30,31). The first-order valence-electron chi connectivity index (χ1n) is 11.2. The summed E-state index contributed by atoms with van der Waals surface area (Å²) in [6.45, 7) is 2.72. The number of aliphatic carboxylic acids is 1. The number of aromatic nitrogens is 1. The summed E-state index contributed by atoms with van der Waals surface area (Å²) in [6.07, 6.45) is 1.03. The molecule has 1 N–H and O–H groups in total. The Bertz CT molecular complexity index is 1220. The van der Waals surface area contributed by atoms with E-state index in [4.69, 9.17) is 19.0 Å². The predicted octanol–water partition coefficient (Wildman–Crippen LogP) is 5.87. The SMILES string of the molecule is Cc1oc(-c2ccccc2)nc1CCOc1ccc(CCC(=O)O)c(OCc2ccccc2)c1. The highest BCUT2D eigenvalue weighted by Gasteiger charge is 2.13. The van der Waals surface area contributed by atoms with Crippen LogP contribution in [0.3, 0.4) is 0 Å². The van der Waals surface area contributed by atoms with E-state index in [0.29, 0.717) is 43.4 Å². The van der Waals surface area contributed by atoms with Gasteiger partial charge < -0.3 is 19.0 Å². The van der Waals surface area contributed by atoms with Crippen LogP contribution in [0.5, 0.6) is 11.5 Å².